The van der Waals surface area contributed by atoms with Gasteiger partial charge in [0.15, 0.2) is 11.5 Å². The van der Waals surface area contributed by atoms with Gasteiger partial charge in [0, 0.05) is 11.6 Å². The maximum atomic E-state index is 9.72. The molecule has 0 saturated heterocycles. The zero-order chi connectivity index (χ0) is 10.1. The number of phenolic OH excluding ortho intramolecular Hbond substituents is 1. The number of rotatable bonds is 1. The lowest BCUT2D eigenvalue weighted by molar-refractivity contribution is 0.375. The van der Waals surface area contributed by atoms with Gasteiger partial charge < -0.3 is 14.9 Å². The van der Waals surface area contributed by atoms with Crippen molar-refractivity contribution in [2.45, 2.75) is 0 Å². The van der Waals surface area contributed by atoms with Gasteiger partial charge in [-0.2, -0.15) is 0 Å². The van der Waals surface area contributed by atoms with Crippen molar-refractivity contribution >= 4 is 10.8 Å². The van der Waals surface area contributed by atoms with Crippen LogP contribution in [0.4, 0.5) is 0 Å². The molecule has 0 amide bonds. The lowest BCUT2D eigenvalue weighted by Gasteiger charge is -2.07. The van der Waals surface area contributed by atoms with E-state index in [1.807, 2.05) is 0 Å². The SMILES string of the molecule is COc1ccc2cncc(O)c2c1O. The fourth-order valence-corrected chi connectivity index (χ4v) is 1.38. The number of methoxy groups -OCH3 is 1. The average Bonchev–Trinajstić information content (AvgIpc) is 2.18. The maximum Gasteiger partial charge on any atom is 0.169 e. The summed E-state index contributed by atoms with van der Waals surface area (Å²) in [5.74, 6) is 0.211. The van der Waals surface area contributed by atoms with Gasteiger partial charge in [-0.1, -0.05) is 0 Å². The zero-order valence-electron chi connectivity index (χ0n) is 7.56. The molecule has 2 aromatic rings. The molecule has 2 N–H and O–H groups in total. The quantitative estimate of drug-likeness (QED) is 0.719. The molecule has 2 rings (SSSR count). The normalized spacial score (nSPS) is 10.4. The lowest BCUT2D eigenvalue weighted by atomic mass is 10.1. The molecule has 1 heterocycles. The van der Waals surface area contributed by atoms with Gasteiger partial charge in [0.05, 0.1) is 18.7 Å². The highest BCUT2D eigenvalue weighted by atomic mass is 16.5. The van der Waals surface area contributed by atoms with Crippen molar-refractivity contribution < 1.29 is 14.9 Å². The van der Waals surface area contributed by atoms with Crippen LogP contribution in [0.1, 0.15) is 0 Å². The summed E-state index contributed by atoms with van der Waals surface area (Å²) in [5.41, 5.74) is 0. The molecule has 0 aliphatic heterocycles. The minimum Gasteiger partial charge on any atom is -0.506 e. The van der Waals surface area contributed by atoms with E-state index in [0.717, 1.165) is 0 Å². The third-order valence-electron chi connectivity index (χ3n) is 2.06. The van der Waals surface area contributed by atoms with Crippen LogP contribution in [0.2, 0.25) is 0 Å². The van der Waals surface area contributed by atoms with E-state index in [9.17, 15) is 10.2 Å². The molecule has 0 atom stereocenters. The average molecular weight is 191 g/mol. The van der Waals surface area contributed by atoms with Crippen LogP contribution in [0, 0.1) is 0 Å². The summed E-state index contributed by atoms with van der Waals surface area (Å²) in [6.07, 6.45) is 2.84. The monoisotopic (exact) mass is 191 g/mol. The Labute approximate surface area is 80.4 Å². The number of nitrogens with zero attached hydrogens (tertiary/aromatic N) is 1. The van der Waals surface area contributed by atoms with E-state index >= 15 is 0 Å². The Morgan fingerprint density at radius 3 is 2.71 bits per heavy atom. The summed E-state index contributed by atoms with van der Waals surface area (Å²) in [6, 6.07) is 3.35. The number of hydrogen-bond donors (Lipinski definition) is 2. The summed E-state index contributed by atoms with van der Waals surface area (Å²) < 4.78 is 4.93. The molecule has 1 aromatic carbocycles. The van der Waals surface area contributed by atoms with Crippen molar-refractivity contribution in [1.82, 2.24) is 4.98 Å². The Balaban J connectivity index is 2.86. The van der Waals surface area contributed by atoms with Crippen LogP contribution < -0.4 is 4.74 Å². The largest absolute Gasteiger partial charge is 0.506 e. The molecule has 72 valence electrons. The molecule has 1 aromatic heterocycles. The van der Waals surface area contributed by atoms with E-state index in [1.165, 1.54) is 13.3 Å². The molecule has 0 fully saturated rings. The van der Waals surface area contributed by atoms with Gasteiger partial charge in [0.1, 0.15) is 5.75 Å². The van der Waals surface area contributed by atoms with Crippen LogP contribution in [0.5, 0.6) is 17.2 Å². The first-order chi connectivity index (χ1) is 6.74. The molecule has 0 aliphatic carbocycles. The van der Waals surface area contributed by atoms with Crippen LogP contribution in [-0.2, 0) is 0 Å². The second-order valence-corrected chi connectivity index (χ2v) is 2.87. The summed E-state index contributed by atoms with van der Waals surface area (Å²) >= 11 is 0. The van der Waals surface area contributed by atoms with Crippen molar-refractivity contribution in [1.29, 1.82) is 0 Å². The lowest BCUT2D eigenvalue weighted by Crippen LogP contribution is -1.85. The molecule has 14 heavy (non-hydrogen) atoms. The van der Waals surface area contributed by atoms with Crippen molar-refractivity contribution in [2.75, 3.05) is 7.11 Å². The number of benzene rings is 1. The second kappa shape index (κ2) is 3.06. The first-order valence-corrected chi connectivity index (χ1v) is 4.06. The Kier molecular flexibility index (Phi) is 1.89. The molecule has 0 spiro atoms. The van der Waals surface area contributed by atoms with Crippen molar-refractivity contribution in [3.05, 3.63) is 24.5 Å². The Hall–Kier alpha value is -1.97. The molecule has 0 saturated carbocycles. The van der Waals surface area contributed by atoms with Crippen molar-refractivity contribution in [2.24, 2.45) is 0 Å². The van der Waals surface area contributed by atoms with Gasteiger partial charge in [-0.25, -0.2) is 0 Å². The highest BCUT2D eigenvalue weighted by molar-refractivity contribution is 5.94. The minimum atomic E-state index is -0.0649. The van der Waals surface area contributed by atoms with Gasteiger partial charge in [-0.05, 0) is 12.1 Å². The molecule has 0 radical (unpaired) electrons. The molecule has 0 aliphatic rings. The smallest absolute Gasteiger partial charge is 0.169 e. The van der Waals surface area contributed by atoms with Crippen LogP contribution in [0.25, 0.3) is 10.8 Å². The van der Waals surface area contributed by atoms with Crippen molar-refractivity contribution in [3.63, 3.8) is 0 Å². The van der Waals surface area contributed by atoms with E-state index in [4.69, 9.17) is 4.74 Å². The molecular weight excluding hydrogens is 182 g/mol. The first-order valence-electron chi connectivity index (χ1n) is 4.06. The third-order valence-corrected chi connectivity index (χ3v) is 2.06. The standard InChI is InChI=1S/C10H9NO3/c1-14-8-3-2-6-4-11-5-7(12)9(6)10(8)13/h2-5,12-13H,1H3. The molecule has 0 bridgehead atoms. The predicted molar refractivity (Wildman–Crippen MR) is 51.6 cm³/mol. The van der Waals surface area contributed by atoms with E-state index in [-0.39, 0.29) is 11.5 Å². The number of aromatic nitrogens is 1. The van der Waals surface area contributed by atoms with Gasteiger partial charge in [0.25, 0.3) is 0 Å². The Morgan fingerprint density at radius 2 is 2.00 bits per heavy atom. The van der Waals surface area contributed by atoms with E-state index in [0.29, 0.717) is 16.5 Å². The number of fused-ring (bicyclic) bond motifs is 1. The van der Waals surface area contributed by atoms with E-state index in [2.05, 4.69) is 4.98 Å². The highest BCUT2D eigenvalue weighted by Crippen LogP contribution is 2.38. The number of pyridine rings is 1. The Bertz CT molecular complexity index is 482. The van der Waals surface area contributed by atoms with Crippen LogP contribution in [0.3, 0.4) is 0 Å². The fraction of sp³-hybridized carbons (Fsp3) is 0.100. The highest BCUT2D eigenvalue weighted by Gasteiger charge is 2.10. The summed E-state index contributed by atoms with van der Waals surface area (Å²) in [7, 11) is 1.46. The number of hydrogen-bond acceptors (Lipinski definition) is 4. The minimum absolute atomic E-state index is 0.0566. The number of phenols is 1. The number of ether oxygens (including phenoxy) is 1. The van der Waals surface area contributed by atoms with Crippen LogP contribution in [-0.4, -0.2) is 22.3 Å². The van der Waals surface area contributed by atoms with Crippen molar-refractivity contribution in [3.8, 4) is 17.2 Å². The number of aromatic hydroxyl groups is 2. The summed E-state index contributed by atoms with van der Waals surface area (Å²) in [5, 5.41) is 20.2. The molecule has 0 unspecified atom stereocenters. The van der Waals surface area contributed by atoms with E-state index < -0.39 is 0 Å². The molecular formula is C10H9NO3. The van der Waals surface area contributed by atoms with Crippen LogP contribution in [0.15, 0.2) is 24.5 Å². The third kappa shape index (κ3) is 1.12. The van der Waals surface area contributed by atoms with Gasteiger partial charge in [-0.15, -0.1) is 0 Å². The van der Waals surface area contributed by atoms with Gasteiger partial charge >= 0.3 is 0 Å². The predicted octanol–water partition coefficient (Wildman–Crippen LogP) is 1.65. The second-order valence-electron chi connectivity index (χ2n) is 2.87. The van der Waals surface area contributed by atoms with Crippen LogP contribution >= 0.6 is 0 Å². The summed E-state index contributed by atoms with van der Waals surface area (Å²) in [6.45, 7) is 0. The summed E-state index contributed by atoms with van der Waals surface area (Å²) in [4.78, 5) is 3.81. The first kappa shape index (κ1) is 8.62. The molecule has 4 nitrogen and oxygen atoms in total. The topological polar surface area (TPSA) is 62.6 Å². The van der Waals surface area contributed by atoms with Gasteiger partial charge in [0.2, 0.25) is 0 Å². The Morgan fingerprint density at radius 1 is 1.21 bits per heavy atom. The maximum absolute atomic E-state index is 9.72. The van der Waals surface area contributed by atoms with Gasteiger partial charge in [-0.3, -0.25) is 4.98 Å². The zero-order valence-corrected chi connectivity index (χ0v) is 7.56. The fourth-order valence-electron chi connectivity index (χ4n) is 1.38. The molecule has 4 heteroatoms. The van der Waals surface area contributed by atoms with E-state index in [1.54, 1.807) is 18.3 Å².